The second-order valence-electron chi connectivity index (χ2n) is 4.05. The zero-order valence-corrected chi connectivity index (χ0v) is 9.43. The molecule has 0 aliphatic rings. The van der Waals surface area contributed by atoms with Gasteiger partial charge in [0.15, 0.2) is 0 Å². The van der Waals surface area contributed by atoms with Gasteiger partial charge in [0.2, 0.25) is 0 Å². The Hall–Kier alpha value is -1.03. The molecule has 90 valence electrons. The van der Waals surface area contributed by atoms with Crippen molar-refractivity contribution in [2.75, 3.05) is 0 Å². The largest absolute Gasteiger partial charge is 0.389 e. The van der Waals surface area contributed by atoms with Crippen LogP contribution in [0.2, 0.25) is 0 Å². The number of rotatable bonds is 3. The Kier molecular flexibility index (Phi) is 3.97. The third-order valence-electron chi connectivity index (χ3n) is 2.78. The number of aryl methyl sites for hydroxylation is 1. The molecule has 1 nitrogen and oxygen atoms in total. The van der Waals surface area contributed by atoms with E-state index in [-0.39, 0.29) is 6.42 Å². The maximum absolute atomic E-state index is 12.1. The molecule has 2 N–H and O–H groups in total. The van der Waals surface area contributed by atoms with E-state index in [1.807, 2.05) is 26.0 Å². The van der Waals surface area contributed by atoms with Crippen molar-refractivity contribution in [1.29, 1.82) is 0 Å². The molecule has 0 fully saturated rings. The van der Waals surface area contributed by atoms with Gasteiger partial charge in [-0.05, 0) is 37.0 Å². The fourth-order valence-corrected chi connectivity index (χ4v) is 1.65. The maximum atomic E-state index is 12.1. The van der Waals surface area contributed by atoms with E-state index in [9.17, 15) is 13.2 Å². The Morgan fingerprint density at radius 1 is 1.25 bits per heavy atom. The van der Waals surface area contributed by atoms with Crippen LogP contribution >= 0.6 is 0 Å². The van der Waals surface area contributed by atoms with Crippen LogP contribution in [0.4, 0.5) is 13.2 Å². The lowest BCUT2D eigenvalue weighted by Crippen LogP contribution is -2.16. The highest BCUT2D eigenvalue weighted by Gasteiger charge is 2.28. The van der Waals surface area contributed by atoms with Gasteiger partial charge >= 0.3 is 6.18 Å². The van der Waals surface area contributed by atoms with Crippen LogP contribution in [0.25, 0.3) is 0 Å². The zero-order valence-electron chi connectivity index (χ0n) is 9.43. The standard InChI is InChI=1S/C12H16F3N/c1-8-4-3-5-10(9(8)2)11(16)6-7-12(13,14)15/h3-5,11H,6-7,16H2,1-2H3/t11-/m1/s1. The van der Waals surface area contributed by atoms with Gasteiger partial charge in [0, 0.05) is 12.5 Å². The fraction of sp³-hybridized carbons (Fsp3) is 0.500. The monoisotopic (exact) mass is 231 g/mol. The summed E-state index contributed by atoms with van der Waals surface area (Å²) >= 11 is 0. The van der Waals surface area contributed by atoms with Gasteiger partial charge in [-0.15, -0.1) is 0 Å². The number of hydrogen-bond acceptors (Lipinski definition) is 1. The molecule has 0 aromatic heterocycles. The number of halogens is 3. The van der Waals surface area contributed by atoms with E-state index < -0.39 is 18.6 Å². The lowest BCUT2D eigenvalue weighted by molar-refractivity contribution is -0.136. The maximum Gasteiger partial charge on any atom is 0.389 e. The summed E-state index contributed by atoms with van der Waals surface area (Å²) in [4.78, 5) is 0. The summed E-state index contributed by atoms with van der Waals surface area (Å²) < 4.78 is 36.2. The van der Waals surface area contributed by atoms with Crippen LogP contribution in [0, 0.1) is 13.8 Å². The highest BCUT2D eigenvalue weighted by atomic mass is 19.4. The summed E-state index contributed by atoms with van der Waals surface area (Å²) in [5, 5.41) is 0. The summed E-state index contributed by atoms with van der Waals surface area (Å²) in [5.41, 5.74) is 8.62. The van der Waals surface area contributed by atoms with Crippen molar-refractivity contribution in [2.45, 2.75) is 38.9 Å². The molecule has 0 saturated heterocycles. The molecule has 0 spiro atoms. The molecule has 1 aromatic rings. The summed E-state index contributed by atoms with van der Waals surface area (Å²) in [5.74, 6) is 0. The fourth-order valence-electron chi connectivity index (χ4n) is 1.65. The molecule has 0 unspecified atom stereocenters. The number of hydrogen-bond donors (Lipinski definition) is 1. The zero-order chi connectivity index (χ0) is 12.3. The molecular weight excluding hydrogens is 215 g/mol. The van der Waals surface area contributed by atoms with Crippen molar-refractivity contribution in [2.24, 2.45) is 5.73 Å². The van der Waals surface area contributed by atoms with Crippen LogP contribution < -0.4 is 5.73 Å². The van der Waals surface area contributed by atoms with Crippen LogP contribution in [-0.4, -0.2) is 6.18 Å². The Morgan fingerprint density at radius 2 is 1.88 bits per heavy atom. The van der Waals surface area contributed by atoms with Crippen molar-refractivity contribution in [3.8, 4) is 0 Å². The molecule has 1 rings (SSSR count). The molecule has 0 amide bonds. The SMILES string of the molecule is Cc1cccc([C@H](N)CCC(F)(F)F)c1C. The summed E-state index contributed by atoms with van der Waals surface area (Å²) in [6.45, 7) is 3.81. The normalized spacial score (nSPS) is 13.9. The summed E-state index contributed by atoms with van der Waals surface area (Å²) in [7, 11) is 0. The van der Waals surface area contributed by atoms with E-state index in [1.54, 1.807) is 6.07 Å². The summed E-state index contributed by atoms with van der Waals surface area (Å²) in [6.07, 6.45) is -5.02. The Balaban J connectivity index is 2.73. The molecular formula is C12H16F3N. The van der Waals surface area contributed by atoms with Crippen molar-refractivity contribution >= 4 is 0 Å². The van der Waals surface area contributed by atoms with Crippen LogP contribution in [0.3, 0.4) is 0 Å². The molecule has 1 aromatic carbocycles. The molecule has 0 aliphatic heterocycles. The predicted molar refractivity (Wildman–Crippen MR) is 58.1 cm³/mol. The van der Waals surface area contributed by atoms with Crippen molar-refractivity contribution in [3.63, 3.8) is 0 Å². The van der Waals surface area contributed by atoms with Gasteiger partial charge in [-0.2, -0.15) is 13.2 Å². The molecule has 1 atom stereocenters. The topological polar surface area (TPSA) is 26.0 Å². The molecule has 0 aliphatic carbocycles. The van der Waals surface area contributed by atoms with Gasteiger partial charge in [0.05, 0.1) is 0 Å². The Labute approximate surface area is 93.5 Å². The third kappa shape index (κ3) is 3.52. The number of benzene rings is 1. The van der Waals surface area contributed by atoms with E-state index in [4.69, 9.17) is 5.73 Å². The van der Waals surface area contributed by atoms with Gasteiger partial charge in [0.25, 0.3) is 0 Å². The average molecular weight is 231 g/mol. The minimum absolute atomic E-state index is 0.0617. The van der Waals surface area contributed by atoms with Crippen molar-refractivity contribution in [1.82, 2.24) is 0 Å². The number of alkyl halides is 3. The first-order valence-electron chi connectivity index (χ1n) is 5.19. The minimum atomic E-state index is -4.13. The molecule has 16 heavy (non-hydrogen) atoms. The molecule has 0 radical (unpaired) electrons. The first-order valence-corrected chi connectivity index (χ1v) is 5.19. The first-order chi connectivity index (χ1) is 7.31. The predicted octanol–water partition coefficient (Wildman–Crippen LogP) is 3.65. The van der Waals surface area contributed by atoms with Gasteiger partial charge in [-0.25, -0.2) is 0 Å². The average Bonchev–Trinajstić information content (AvgIpc) is 2.17. The second-order valence-corrected chi connectivity index (χ2v) is 4.05. The van der Waals surface area contributed by atoms with Crippen LogP contribution in [0.15, 0.2) is 18.2 Å². The minimum Gasteiger partial charge on any atom is -0.324 e. The molecule has 0 heterocycles. The summed E-state index contributed by atoms with van der Waals surface area (Å²) in [6, 6.07) is 5.01. The molecule has 4 heteroatoms. The van der Waals surface area contributed by atoms with Crippen molar-refractivity contribution < 1.29 is 13.2 Å². The van der Waals surface area contributed by atoms with E-state index in [2.05, 4.69) is 0 Å². The van der Waals surface area contributed by atoms with E-state index in [0.717, 1.165) is 16.7 Å². The lowest BCUT2D eigenvalue weighted by Gasteiger charge is -2.17. The first kappa shape index (κ1) is 13.0. The quantitative estimate of drug-likeness (QED) is 0.844. The van der Waals surface area contributed by atoms with Gasteiger partial charge < -0.3 is 5.73 Å². The smallest absolute Gasteiger partial charge is 0.324 e. The Bertz CT molecular complexity index is 358. The van der Waals surface area contributed by atoms with Crippen LogP contribution in [-0.2, 0) is 0 Å². The van der Waals surface area contributed by atoms with E-state index >= 15 is 0 Å². The Morgan fingerprint density at radius 3 is 2.44 bits per heavy atom. The number of nitrogens with two attached hydrogens (primary N) is 1. The van der Waals surface area contributed by atoms with Gasteiger partial charge in [-0.3, -0.25) is 0 Å². The van der Waals surface area contributed by atoms with Crippen LogP contribution in [0.5, 0.6) is 0 Å². The highest BCUT2D eigenvalue weighted by Crippen LogP contribution is 2.28. The highest BCUT2D eigenvalue weighted by molar-refractivity contribution is 5.35. The lowest BCUT2D eigenvalue weighted by atomic mass is 9.95. The van der Waals surface area contributed by atoms with E-state index in [1.165, 1.54) is 0 Å². The van der Waals surface area contributed by atoms with Crippen LogP contribution in [0.1, 0.15) is 35.6 Å². The van der Waals surface area contributed by atoms with Gasteiger partial charge in [0.1, 0.15) is 0 Å². The van der Waals surface area contributed by atoms with E-state index in [0.29, 0.717) is 0 Å². The molecule has 0 saturated carbocycles. The van der Waals surface area contributed by atoms with Crippen molar-refractivity contribution in [3.05, 3.63) is 34.9 Å². The third-order valence-corrected chi connectivity index (χ3v) is 2.78. The molecule has 0 bridgehead atoms. The van der Waals surface area contributed by atoms with Gasteiger partial charge in [-0.1, -0.05) is 18.2 Å². The second kappa shape index (κ2) is 4.87.